The highest BCUT2D eigenvalue weighted by atomic mass is 79.9. The van der Waals surface area contributed by atoms with E-state index < -0.39 is 9.84 Å². The molecule has 0 saturated carbocycles. The summed E-state index contributed by atoms with van der Waals surface area (Å²) in [5.41, 5.74) is 0. The second kappa shape index (κ2) is 3.57. The lowest BCUT2D eigenvalue weighted by Crippen LogP contribution is -2.07. The second-order valence-electron chi connectivity index (χ2n) is 2.35. The Kier molecular flexibility index (Phi) is 2.89. The number of halogens is 1. The van der Waals surface area contributed by atoms with Gasteiger partial charge in [0.1, 0.15) is 16.2 Å². The minimum absolute atomic E-state index is 0.0188. The number of rotatable bonds is 3. The van der Waals surface area contributed by atoms with Crippen LogP contribution in [-0.2, 0) is 15.6 Å². The molecule has 0 aliphatic rings. The fourth-order valence-electron chi connectivity index (χ4n) is 0.721. The molecule has 1 rings (SSSR count). The number of nitrogens with zero attached hydrogens (tertiary/aromatic N) is 1. The van der Waals surface area contributed by atoms with Crippen molar-refractivity contribution in [2.45, 2.75) is 12.7 Å². The summed E-state index contributed by atoms with van der Waals surface area (Å²) < 4.78 is 22.9. The molecule has 0 amide bonds. The van der Waals surface area contributed by atoms with Gasteiger partial charge in [-0.25, -0.2) is 13.4 Å². The fourth-order valence-corrected chi connectivity index (χ4v) is 1.82. The van der Waals surface area contributed by atoms with E-state index in [9.17, 15) is 8.42 Å². The maximum absolute atomic E-state index is 11.1. The highest BCUT2D eigenvalue weighted by Crippen LogP contribution is 2.07. The maximum atomic E-state index is 11.1. The Bertz CT molecular complexity index is 357. The van der Waals surface area contributed by atoms with Gasteiger partial charge in [0.2, 0.25) is 0 Å². The summed E-state index contributed by atoms with van der Waals surface area (Å²) in [6.07, 6.45) is 1.54. The van der Waals surface area contributed by atoms with Gasteiger partial charge < -0.3 is 4.98 Å². The van der Waals surface area contributed by atoms with E-state index in [4.69, 9.17) is 0 Å². The molecule has 0 unspecified atom stereocenters. The van der Waals surface area contributed by atoms with Crippen LogP contribution in [-0.4, -0.2) is 24.1 Å². The predicted molar refractivity (Wildman–Crippen MR) is 49.5 cm³/mol. The monoisotopic (exact) mass is 252 g/mol. The molecule has 12 heavy (non-hydrogen) atoms. The van der Waals surface area contributed by atoms with E-state index in [1.807, 2.05) is 0 Å². The number of imidazole rings is 1. The van der Waals surface area contributed by atoms with E-state index in [-0.39, 0.29) is 11.5 Å². The van der Waals surface area contributed by atoms with Gasteiger partial charge in [0.25, 0.3) is 0 Å². The Hall–Kier alpha value is -0.360. The smallest absolute Gasteiger partial charge is 0.157 e. The first-order chi connectivity index (χ1) is 5.53. The number of hydrogen-bond acceptors (Lipinski definition) is 3. The van der Waals surface area contributed by atoms with Crippen molar-refractivity contribution < 1.29 is 8.42 Å². The van der Waals surface area contributed by atoms with Crippen LogP contribution < -0.4 is 0 Å². The van der Waals surface area contributed by atoms with E-state index in [1.165, 1.54) is 0 Å². The number of sulfone groups is 1. The summed E-state index contributed by atoms with van der Waals surface area (Å²) in [4.78, 5) is 6.66. The van der Waals surface area contributed by atoms with Gasteiger partial charge in [-0.15, -0.1) is 0 Å². The molecule has 1 aromatic heterocycles. The number of aromatic amines is 1. The fraction of sp³-hybridized carbons (Fsp3) is 0.500. The largest absolute Gasteiger partial charge is 0.336 e. The van der Waals surface area contributed by atoms with Gasteiger partial charge in [0.15, 0.2) is 9.84 Å². The molecule has 0 radical (unpaired) electrons. The van der Waals surface area contributed by atoms with E-state index in [2.05, 4.69) is 25.9 Å². The molecule has 4 nitrogen and oxygen atoms in total. The number of nitrogens with one attached hydrogen (secondary N) is 1. The van der Waals surface area contributed by atoms with Gasteiger partial charge in [0.05, 0.1) is 6.20 Å². The third-order valence-electron chi connectivity index (χ3n) is 1.39. The molecular weight excluding hydrogens is 244 g/mol. The Morgan fingerprint density at radius 2 is 2.33 bits per heavy atom. The molecular formula is C6H9BrN2O2S. The van der Waals surface area contributed by atoms with Gasteiger partial charge in [-0.3, -0.25) is 0 Å². The molecule has 1 aromatic rings. The van der Waals surface area contributed by atoms with Crippen LogP contribution in [0.2, 0.25) is 0 Å². The van der Waals surface area contributed by atoms with Gasteiger partial charge in [0, 0.05) is 5.75 Å². The van der Waals surface area contributed by atoms with E-state index in [0.29, 0.717) is 10.4 Å². The summed E-state index contributed by atoms with van der Waals surface area (Å²) in [7, 11) is -2.97. The lowest BCUT2D eigenvalue weighted by molar-refractivity contribution is 0.595. The van der Waals surface area contributed by atoms with Crippen LogP contribution in [0.15, 0.2) is 10.8 Å². The zero-order chi connectivity index (χ0) is 9.19. The minimum Gasteiger partial charge on any atom is -0.336 e. The number of hydrogen-bond donors (Lipinski definition) is 1. The molecule has 0 fully saturated rings. The van der Waals surface area contributed by atoms with Crippen molar-refractivity contribution in [1.82, 2.24) is 9.97 Å². The predicted octanol–water partition coefficient (Wildman–Crippen LogP) is 1.11. The van der Waals surface area contributed by atoms with Crippen molar-refractivity contribution in [3.8, 4) is 0 Å². The molecule has 0 bridgehead atoms. The summed E-state index contributed by atoms with van der Waals surface area (Å²) in [6, 6.07) is 0. The standard InChI is InChI=1S/C6H9BrN2O2S/c1-2-12(10,11)4-6-8-3-5(7)9-6/h3H,2,4H2,1H3,(H,8,9). The highest BCUT2D eigenvalue weighted by Gasteiger charge is 2.10. The molecule has 1 N–H and O–H groups in total. The van der Waals surface area contributed by atoms with Crippen LogP contribution in [0, 0.1) is 0 Å². The molecule has 0 aliphatic heterocycles. The average molecular weight is 253 g/mol. The van der Waals surface area contributed by atoms with Crippen molar-refractivity contribution in [2.24, 2.45) is 0 Å². The van der Waals surface area contributed by atoms with Gasteiger partial charge in [-0.05, 0) is 15.9 Å². The first-order valence-electron chi connectivity index (χ1n) is 3.43. The summed E-state index contributed by atoms with van der Waals surface area (Å²) in [5, 5.41) is 0. The molecule has 6 heteroatoms. The van der Waals surface area contributed by atoms with Crippen LogP contribution in [0.4, 0.5) is 0 Å². The topological polar surface area (TPSA) is 62.8 Å². The van der Waals surface area contributed by atoms with Crippen LogP contribution in [0.25, 0.3) is 0 Å². The Labute approximate surface area is 79.4 Å². The van der Waals surface area contributed by atoms with Crippen molar-refractivity contribution in [1.29, 1.82) is 0 Å². The number of H-pyrrole nitrogens is 1. The molecule has 1 heterocycles. The summed E-state index contributed by atoms with van der Waals surface area (Å²) in [6.45, 7) is 1.62. The minimum atomic E-state index is -2.97. The molecule has 0 aromatic carbocycles. The first kappa shape index (κ1) is 9.73. The van der Waals surface area contributed by atoms with Crippen LogP contribution in [0.3, 0.4) is 0 Å². The lowest BCUT2D eigenvalue weighted by atomic mass is 10.7. The zero-order valence-corrected chi connectivity index (χ0v) is 8.94. The molecule has 0 aliphatic carbocycles. The third-order valence-corrected chi connectivity index (χ3v) is 3.39. The Morgan fingerprint density at radius 1 is 1.67 bits per heavy atom. The molecule has 0 spiro atoms. The normalized spacial score (nSPS) is 11.8. The summed E-state index contributed by atoms with van der Waals surface area (Å²) in [5.74, 6) is 0.601. The Morgan fingerprint density at radius 3 is 2.75 bits per heavy atom. The van der Waals surface area contributed by atoms with Gasteiger partial charge in [-0.2, -0.15) is 0 Å². The van der Waals surface area contributed by atoms with Crippen molar-refractivity contribution >= 4 is 25.8 Å². The SMILES string of the molecule is CCS(=O)(=O)Cc1ncc(Br)[nH]1. The first-order valence-corrected chi connectivity index (χ1v) is 6.05. The van der Waals surface area contributed by atoms with E-state index in [0.717, 1.165) is 0 Å². The molecule has 0 saturated heterocycles. The number of aromatic nitrogens is 2. The van der Waals surface area contributed by atoms with Crippen molar-refractivity contribution in [2.75, 3.05) is 5.75 Å². The zero-order valence-electron chi connectivity index (χ0n) is 6.54. The maximum Gasteiger partial charge on any atom is 0.157 e. The van der Waals surface area contributed by atoms with Crippen LogP contribution in [0.1, 0.15) is 12.7 Å². The molecule has 68 valence electrons. The van der Waals surface area contributed by atoms with Crippen LogP contribution >= 0.6 is 15.9 Å². The van der Waals surface area contributed by atoms with E-state index in [1.54, 1.807) is 13.1 Å². The second-order valence-corrected chi connectivity index (χ2v) is 5.56. The summed E-state index contributed by atoms with van der Waals surface area (Å²) >= 11 is 3.15. The quantitative estimate of drug-likeness (QED) is 0.877. The third kappa shape index (κ3) is 2.60. The lowest BCUT2D eigenvalue weighted by Gasteiger charge is -1.95. The van der Waals surface area contributed by atoms with Gasteiger partial charge in [-0.1, -0.05) is 6.92 Å². The van der Waals surface area contributed by atoms with Crippen molar-refractivity contribution in [3.05, 3.63) is 16.6 Å². The molecule has 0 atom stereocenters. The van der Waals surface area contributed by atoms with E-state index >= 15 is 0 Å². The van der Waals surface area contributed by atoms with Crippen LogP contribution in [0.5, 0.6) is 0 Å². The van der Waals surface area contributed by atoms with Gasteiger partial charge >= 0.3 is 0 Å². The van der Waals surface area contributed by atoms with Crippen molar-refractivity contribution in [3.63, 3.8) is 0 Å². The highest BCUT2D eigenvalue weighted by molar-refractivity contribution is 9.10. The Balaban J connectivity index is 2.77. The average Bonchev–Trinajstić information content (AvgIpc) is 2.35.